The van der Waals surface area contributed by atoms with Crippen LogP contribution in [0.4, 0.5) is 4.39 Å². The molecule has 138 valence electrons. The summed E-state index contributed by atoms with van der Waals surface area (Å²) in [5.41, 5.74) is 1.82. The standard InChI is InChI=1S/C19H16FN3O3S/c1-11(12-2-7-16-17(8-12)26-10-25-16)22-18(24)15-9-21-19(27)23(15)14-5-3-13(20)4-6-14/h2-9,11H,10H2,1H3,(H,21,27)(H,22,24). The fraction of sp³-hybridized carbons (Fsp3) is 0.158. The second-order valence-corrected chi connectivity index (χ2v) is 6.49. The van der Waals surface area contributed by atoms with Crippen molar-refractivity contribution in [2.75, 3.05) is 6.79 Å². The highest BCUT2D eigenvalue weighted by atomic mass is 32.1. The van der Waals surface area contributed by atoms with Crippen molar-refractivity contribution in [3.8, 4) is 17.2 Å². The van der Waals surface area contributed by atoms with Crippen LogP contribution >= 0.6 is 12.2 Å². The van der Waals surface area contributed by atoms with Crippen LogP contribution in [0.15, 0.2) is 48.7 Å². The van der Waals surface area contributed by atoms with Crippen LogP contribution in [-0.2, 0) is 0 Å². The first-order valence-corrected chi connectivity index (χ1v) is 8.70. The molecule has 4 rings (SSSR count). The summed E-state index contributed by atoms with van der Waals surface area (Å²) in [5, 5.41) is 2.94. The van der Waals surface area contributed by atoms with Gasteiger partial charge in [-0.15, -0.1) is 0 Å². The van der Waals surface area contributed by atoms with E-state index in [1.54, 1.807) is 16.7 Å². The number of carbonyl (C=O) groups excluding carboxylic acids is 1. The molecule has 0 saturated heterocycles. The van der Waals surface area contributed by atoms with Gasteiger partial charge in [0.2, 0.25) is 6.79 Å². The monoisotopic (exact) mass is 385 g/mol. The lowest BCUT2D eigenvalue weighted by molar-refractivity contribution is 0.0932. The van der Waals surface area contributed by atoms with E-state index in [0.29, 0.717) is 27.7 Å². The van der Waals surface area contributed by atoms with Crippen molar-refractivity contribution in [1.82, 2.24) is 14.9 Å². The van der Waals surface area contributed by atoms with E-state index in [1.807, 2.05) is 25.1 Å². The topological polar surface area (TPSA) is 68.3 Å². The molecule has 2 heterocycles. The first kappa shape index (κ1) is 17.3. The Kier molecular flexibility index (Phi) is 4.41. The van der Waals surface area contributed by atoms with Gasteiger partial charge in [0.05, 0.1) is 6.04 Å². The number of nitrogens with zero attached hydrogens (tertiary/aromatic N) is 1. The maximum atomic E-state index is 13.2. The summed E-state index contributed by atoms with van der Waals surface area (Å²) in [6, 6.07) is 11.0. The van der Waals surface area contributed by atoms with Gasteiger partial charge >= 0.3 is 0 Å². The minimum absolute atomic E-state index is 0.197. The summed E-state index contributed by atoms with van der Waals surface area (Å²) < 4.78 is 25.8. The molecule has 0 radical (unpaired) electrons. The first-order valence-electron chi connectivity index (χ1n) is 8.30. The Morgan fingerprint density at radius 2 is 1.96 bits per heavy atom. The van der Waals surface area contributed by atoms with Gasteiger partial charge in [-0.2, -0.15) is 0 Å². The van der Waals surface area contributed by atoms with E-state index in [2.05, 4.69) is 10.3 Å². The molecule has 6 nitrogen and oxygen atoms in total. The molecular formula is C19H16FN3O3S. The number of H-pyrrole nitrogens is 1. The quantitative estimate of drug-likeness (QED) is 0.669. The predicted octanol–water partition coefficient (Wildman–Crippen LogP) is 3.89. The van der Waals surface area contributed by atoms with Crippen molar-refractivity contribution >= 4 is 18.1 Å². The molecule has 8 heteroatoms. The molecule has 1 amide bonds. The number of fused-ring (bicyclic) bond motifs is 1. The maximum Gasteiger partial charge on any atom is 0.270 e. The average Bonchev–Trinajstić information content (AvgIpc) is 3.28. The fourth-order valence-electron chi connectivity index (χ4n) is 2.92. The van der Waals surface area contributed by atoms with E-state index < -0.39 is 0 Å². The highest BCUT2D eigenvalue weighted by Gasteiger charge is 2.20. The van der Waals surface area contributed by atoms with Crippen molar-refractivity contribution in [3.63, 3.8) is 0 Å². The lowest BCUT2D eigenvalue weighted by Crippen LogP contribution is -2.28. The van der Waals surface area contributed by atoms with Crippen molar-refractivity contribution in [1.29, 1.82) is 0 Å². The van der Waals surface area contributed by atoms with Gasteiger partial charge < -0.3 is 19.8 Å². The van der Waals surface area contributed by atoms with E-state index in [-0.39, 0.29) is 24.6 Å². The third-order valence-corrected chi connectivity index (χ3v) is 4.64. The number of halogens is 1. The lowest BCUT2D eigenvalue weighted by atomic mass is 10.1. The number of hydrogen-bond donors (Lipinski definition) is 2. The maximum absolute atomic E-state index is 13.2. The molecule has 1 aromatic heterocycles. The smallest absolute Gasteiger partial charge is 0.270 e. The molecule has 1 aliphatic rings. The third kappa shape index (κ3) is 3.31. The molecule has 2 N–H and O–H groups in total. The highest BCUT2D eigenvalue weighted by molar-refractivity contribution is 7.71. The molecular weight excluding hydrogens is 369 g/mol. The second-order valence-electron chi connectivity index (χ2n) is 6.10. The van der Waals surface area contributed by atoms with E-state index >= 15 is 0 Å². The number of benzene rings is 2. The highest BCUT2D eigenvalue weighted by Crippen LogP contribution is 2.34. The molecule has 1 atom stereocenters. The van der Waals surface area contributed by atoms with Gasteiger partial charge in [0.25, 0.3) is 5.91 Å². The minimum atomic E-state index is -0.358. The Morgan fingerprint density at radius 1 is 1.22 bits per heavy atom. The van der Waals surface area contributed by atoms with Crippen molar-refractivity contribution in [2.45, 2.75) is 13.0 Å². The number of ether oxygens (including phenoxy) is 2. The summed E-state index contributed by atoms with van der Waals surface area (Å²) in [4.78, 5) is 15.7. The summed E-state index contributed by atoms with van der Waals surface area (Å²) in [7, 11) is 0. The Balaban J connectivity index is 1.58. The van der Waals surface area contributed by atoms with Crippen LogP contribution in [-0.4, -0.2) is 22.3 Å². The van der Waals surface area contributed by atoms with Gasteiger partial charge in [-0.3, -0.25) is 9.36 Å². The molecule has 0 aliphatic carbocycles. The zero-order valence-corrected chi connectivity index (χ0v) is 15.2. The zero-order valence-electron chi connectivity index (χ0n) is 14.4. The zero-order chi connectivity index (χ0) is 19.0. The molecule has 3 aromatic rings. The Hall–Kier alpha value is -3.13. The minimum Gasteiger partial charge on any atom is -0.454 e. The van der Waals surface area contributed by atoms with Gasteiger partial charge in [-0.25, -0.2) is 4.39 Å². The Morgan fingerprint density at radius 3 is 2.74 bits per heavy atom. The molecule has 1 unspecified atom stereocenters. The number of carbonyl (C=O) groups is 1. The Bertz CT molecular complexity index is 1060. The predicted molar refractivity (Wildman–Crippen MR) is 99.4 cm³/mol. The van der Waals surface area contributed by atoms with Crippen molar-refractivity contribution in [3.05, 3.63) is 70.5 Å². The van der Waals surface area contributed by atoms with Crippen LogP contribution in [0, 0.1) is 10.6 Å². The molecule has 0 fully saturated rings. The molecule has 0 bridgehead atoms. The SMILES string of the molecule is CC(NC(=O)c1c[nH]c(=S)n1-c1ccc(F)cc1)c1ccc2c(c1)OCO2. The molecule has 2 aromatic carbocycles. The number of aromatic amines is 1. The summed E-state index contributed by atoms with van der Waals surface area (Å²) in [5.74, 6) is 0.678. The van der Waals surface area contributed by atoms with Gasteiger partial charge in [0, 0.05) is 11.9 Å². The van der Waals surface area contributed by atoms with Gasteiger partial charge in [0.1, 0.15) is 11.5 Å². The van der Waals surface area contributed by atoms with Crippen LogP contribution in [0.2, 0.25) is 0 Å². The first-order chi connectivity index (χ1) is 13.0. The van der Waals surface area contributed by atoms with Crippen LogP contribution in [0.3, 0.4) is 0 Å². The summed E-state index contributed by atoms with van der Waals surface area (Å²) in [6.07, 6.45) is 1.54. The normalized spacial score (nSPS) is 13.4. The number of aromatic nitrogens is 2. The molecule has 0 saturated carbocycles. The van der Waals surface area contributed by atoms with Crippen molar-refractivity contribution in [2.24, 2.45) is 0 Å². The van der Waals surface area contributed by atoms with Crippen LogP contribution in [0.1, 0.15) is 29.0 Å². The number of amides is 1. The molecule has 27 heavy (non-hydrogen) atoms. The molecule has 1 aliphatic heterocycles. The fourth-order valence-corrected chi connectivity index (χ4v) is 3.18. The second kappa shape index (κ2) is 6.88. The Labute approximate surface area is 159 Å². The number of imidazole rings is 1. The molecule has 0 spiro atoms. The van der Waals surface area contributed by atoms with Crippen molar-refractivity contribution < 1.29 is 18.7 Å². The van der Waals surface area contributed by atoms with Gasteiger partial charge in [-0.05, 0) is 61.1 Å². The number of hydrogen-bond acceptors (Lipinski definition) is 4. The number of rotatable bonds is 4. The van der Waals surface area contributed by atoms with Crippen LogP contribution in [0.5, 0.6) is 11.5 Å². The van der Waals surface area contributed by atoms with E-state index in [0.717, 1.165) is 5.56 Å². The van der Waals surface area contributed by atoms with Gasteiger partial charge in [-0.1, -0.05) is 6.07 Å². The van der Waals surface area contributed by atoms with Gasteiger partial charge in [0.15, 0.2) is 16.3 Å². The van der Waals surface area contributed by atoms with E-state index in [4.69, 9.17) is 21.7 Å². The van der Waals surface area contributed by atoms with Crippen LogP contribution in [0.25, 0.3) is 5.69 Å². The van der Waals surface area contributed by atoms with E-state index in [9.17, 15) is 9.18 Å². The van der Waals surface area contributed by atoms with Crippen LogP contribution < -0.4 is 14.8 Å². The largest absolute Gasteiger partial charge is 0.454 e. The third-order valence-electron chi connectivity index (χ3n) is 4.34. The average molecular weight is 385 g/mol. The number of nitrogens with one attached hydrogen (secondary N) is 2. The summed E-state index contributed by atoms with van der Waals surface area (Å²) in [6.45, 7) is 2.07. The lowest BCUT2D eigenvalue weighted by Gasteiger charge is -2.16. The van der Waals surface area contributed by atoms with E-state index in [1.165, 1.54) is 18.3 Å². The summed E-state index contributed by atoms with van der Waals surface area (Å²) >= 11 is 5.27.